The highest BCUT2D eigenvalue weighted by molar-refractivity contribution is 7.26. The Bertz CT molecular complexity index is 3400. The average molecular weight is 741 g/mol. The predicted octanol–water partition coefficient (Wildman–Crippen LogP) is 12.2. The summed E-state index contributed by atoms with van der Waals surface area (Å²) < 4.78 is 2.53. The van der Waals surface area contributed by atoms with Crippen LogP contribution in [-0.4, -0.2) is 0 Å². The van der Waals surface area contributed by atoms with Crippen molar-refractivity contribution in [1.82, 2.24) is 0 Å². The van der Waals surface area contributed by atoms with Gasteiger partial charge in [-0.1, -0.05) is 164 Å². The van der Waals surface area contributed by atoms with Crippen LogP contribution in [-0.2, 0) is 0 Å². The minimum atomic E-state index is 0.0929. The molecule has 2 atom stereocenters. The van der Waals surface area contributed by atoms with E-state index in [-0.39, 0.29) is 11.8 Å². The van der Waals surface area contributed by atoms with Gasteiger partial charge < -0.3 is 0 Å². The minimum absolute atomic E-state index is 0.0929. The number of rotatable bonds is 4. The summed E-state index contributed by atoms with van der Waals surface area (Å²) in [4.78, 5) is 0. The van der Waals surface area contributed by atoms with Gasteiger partial charge in [0, 0.05) is 37.6 Å². The van der Waals surface area contributed by atoms with E-state index in [0.717, 1.165) is 27.5 Å². The first-order valence-corrected chi connectivity index (χ1v) is 20.1. The fourth-order valence-corrected chi connectivity index (χ4v) is 10.9. The van der Waals surface area contributed by atoms with Gasteiger partial charge in [0.2, 0.25) is 0 Å². The maximum atomic E-state index is 10.2. The number of hydrogen-bond donors (Lipinski definition) is 0. The van der Waals surface area contributed by atoms with E-state index < -0.39 is 0 Å². The Balaban J connectivity index is 1.17. The van der Waals surface area contributed by atoms with E-state index in [1.54, 1.807) is 0 Å². The molecule has 0 amide bonds. The normalized spacial score (nSPS) is 15.8. The monoisotopic (exact) mass is 740 g/mol. The molecule has 2 nitrogen and oxygen atoms in total. The Kier molecular flexibility index (Phi) is 7.65. The second kappa shape index (κ2) is 13.2. The van der Waals surface area contributed by atoms with Crippen molar-refractivity contribution in [1.29, 1.82) is 10.5 Å². The fraction of sp³-hybridized carbons (Fsp3) is 0.0370. The molecule has 9 aromatic rings. The molecule has 0 N–H and O–H groups in total. The number of nitrogens with zero attached hydrogens (tertiary/aromatic N) is 2. The van der Waals surface area contributed by atoms with Crippen molar-refractivity contribution < 1.29 is 0 Å². The van der Waals surface area contributed by atoms with Crippen molar-refractivity contribution >= 4 is 64.2 Å². The predicted molar refractivity (Wildman–Crippen MR) is 237 cm³/mol. The third kappa shape index (κ3) is 5.00. The van der Waals surface area contributed by atoms with Crippen molar-refractivity contribution in [2.45, 2.75) is 0 Å². The molecule has 264 valence electrons. The van der Waals surface area contributed by atoms with Crippen LogP contribution in [0.3, 0.4) is 0 Å². The zero-order valence-corrected chi connectivity index (χ0v) is 31.6. The van der Waals surface area contributed by atoms with Crippen molar-refractivity contribution in [3.8, 4) is 34.4 Å². The molecule has 0 aliphatic heterocycles. The summed E-state index contributed by atoms with van der Waals surface area (Å²) in [6, 6.07) is 60.7. The fourth-order valence-electron chi connectivity index (χ4n) is 9.63. The van der Waals surface area contributed by atoms with Crippen LogP contribution >= 0.6 is 11.3 Å². The van der Waals surface area contributed by atoms with Gasteiger partial charge in [-0.05, 0) is 89.1 Å². The molecule has 2 aliphatic rings. The summed E-state index contributed by atoms with van der Waals surface area (Å²) in [5.74, 6) is 0.204. The molecular formula is C54H32N2S. The van der Waals surface area contributed by atoms with Crippen LogP contribution in [0.1, 0.15) is 22.3 Å². The average Bonchev–Trinajstić information content (AvgIpc) is 3.65. The molecule has 0 spiro atoms. The van der Waals surface area contributed by atoms with Gasteiger partial charge in [-0.15, -0.1) is 11.3 Å². The second-order valence-electron chi connectivity index (χ2n) is 14.8. The van der Waals surface area contributed by atoms with Gasteiger partial charge in [-0.3, -0.25) is 0 Å². The first-order valence-electron chi connectivity index (χ1n) is 19.3. The molecule has 1 heterocycles. The highest BCUT2D eigenvalue weighted by atomic mass is 32.1. The van der Waals surface area contributed by atoms with Crippen LogP contribution in [0.4, 0.5) is 0 Å². The number of benzene rings is 8. The Morgan fingerprint density at radius 3 is 1.54 bits per heavy atom. The van der Waals surface area contributed by atoms with Crippen molar-refractivity contribution in [2.75, 3.05) is 0 Å². The molecule has 2 aliphatic carbocycles. The zero-order chi connectivity index (χ0) is 38.0. The number of fused-ring (bicyclic) bond motifs is 7. The SMILES string of the molecule is N#Cc1ccccc1C1=c2ccccc2=C(c2cccc3c2sc2cc(-c4c5ccccc5c(-c5ccccc5C#N)c5ccccc45)ccc23)C2C=CC=CC12. The summed E-state index contributed by atoms with van der Waals surface area (Å²) in [5, 5.41) is 29.9. The Labute approximate surface area is 334 Å². The van der Waals surface area contributed by atoms with Crippen LogP contribution < -0.4 is 10.4 Å². The van der Waals surface area contributed by atoms with Crippen molar-refractivity contribution in [2.24, 2.45) is 11.8 Å². The molecule has 2 unspecified atom stereocenters. The molecule has 0 bridgehead atoms. The lowest BCUT2D eigenvalue weighted by molar-refractivity contribution is 0.687. The minimum Gasteiger partial charge on any atom is -0.192 e. The Morgan fingerprint density at radius 1 is 0.421 bits per heavy atom. The van der Waals surface area contributed by atoms with E-state index in [4.69, 9.17) is 0 Å². The van der Waals surface area contributed by atoms with Gasteiger partial charge in [-0.25, -0.2) is 0 Å². The standard InChI is InChI=1S/C54H32N2S/c55-31-34-14-1-3-16-36(34)51-41-20-7-5-18-39(41)50(40-19-6-8-21-42(40)51)33-28-29-38-47-26-13-27-48(54(47)57-49(38)30-33)53-45-24-11-9-22-43(45)52(44-23-10-12-25-46(44)53)37-17-4-2-15-35(37)32-56/h1-30,43,45H. The molecule has 0 radical (unpaired) electrons. The van der Waals surface area contributed by atoms with Gasteiger partial charge in [-0.2, -0.15) is 10.5 Å². The number of nitriles is 2. The maximum Gasteiger partial charge on any atom is 0.0998 e. The summed E-state index contributed by atoms with van der Waals surface area (Å²) in [5.41, 5.74) is 10.6. The van der Waals surface area contributed by atoms with Gasteiger partial charge >= 0.3 is 0 Å². The topological polar surface area (TPSA) is 47.6 Å². The van der Waals surface area contributed by atoms with E-state index in [1.807, 2.05) is 47.7 Å². The molecule has 0 fully saturated rings. The number of thiophene rings is 1. The smallest absolute Gasteiger partial charge is 0.0998 e. The van der Waals surface area contributed by atoms with Gasteiger partial charge in [0.1, 0.15) is 0 Å². The van der Waals surface area contributed by atoms with Gasteiger partial charge in [0.25, 0.3) is 0 Å². The van der Waals surface area contributed by atoms with E-state index >= 15 is 0 Å². The summed E-state index contributed by atoms with van der Waals surface area (Å²) in [7, 11) is 0. The molecule has 1 aromatic heterocycles. The highest BCUT2D eigenvalue weighted by Crippen LogP contribution is 2.48. The van der Waals surface area contributed by atoms with Crippen LogP contribution in [0.15, 0.2) is 182 Å². The quantitative estimate of drug-likeness (QED) is 0.169. The van der Waals surface area contributed by atoms with E-state index in [9.17, 15) is 10.5 Å². The molecule has 0 saturated carbocycles. The lowest BCUT2D eigenvalue weighted by Crippen LogP contribution is -2.40. The van der Waals surface area contributed by atoms with E-state index in [2.05, 4.69) is 158 Å². The number of allylic oxidation sites excluding steroid dienone is 4. The molecule has 57 heavy (non-hydrogen) atoms. The molecule has 3 heteroatoms. The third-order valence-corrected chi connectivity index (χ3v) is 13.2. The van der Waals surface area contributed by atoms with Crippen LogP contribution in [0.2, 0.25) is 0 Å². The van der Waals surface area contributed by atoms with E-state index in [0.29, 0.717) is 11.1 Å². The van der Waals surface area contributed by atoms with Crippen LogP contribution in [0, 0.1) is 34.5 Å². The first kappa shape index (κ1) is 33.1. The van der Waals surface area contributed by atoms with Crippen LogP contribution in [0.25, 0.3) is 75.1 Å². The molecule has 8 aromatic carbocycles. The first-order chi connectivity index (χ1) is 28.2. The largest absolute Gasteiger partial charge is 0.192 e. The van der Waals surface area contributed by atoms with Crippen molar-refractivity contribution in [3.05, 3.63) is 215 Å². The Hall–Kier alpha value is -7.30. The van der Waals surface area contributed by atoms with Crippen LogP contribution in [0.5, 0.6) is 0 Å². The summed E-state index contributed by atoms with van der Waals surface area (Å²) in [6.07, 6.45) is 9.01. The second-order valence-corrected chi connectivity index (χ2v) is 15.9. The maximum absolute atomic E-state index is 10.2. The molecule has 11 rings (SSSR count). The van der Waals surface area contributed by atoms with Crippen molar-refractivity contribution in [3.63, 3.8) is 0 Å². The third-order valence-electron chi connectivity index (χ3n) is 12.0. The molecule has 0 saturated heterocycles. The number of hydrogen-bond acceptors (Lipinski definition) is 3. The Morgan fingerprint density at radius 2 is 0.912 bits per heavy atom. The lowest BCUT2D eigenvalue weighted by atomic mass is 9.69. The zero-order valence-electron chi connectivity index (χ0n) is 30.8. The highest BCUT2D eigenvalue weighted by Gasteiger charge is 2.33. The molecular weight excluding hydrogens is 709 g/mol. The lowest BCUT2D eigenvalue weighted by Gasteiger charge is -2.33. The van der Waals surface area contributed by atoms with E-state index in [1.165, 1.54) is 69.2 Å². The summed E-state index contributed by atoms with van der Waals surface area (Å²) in [6.45, 7) is 0. The van der Waals surface area contributed by atoms with Gasteiger partial charge in [0.15, 0.2) is 0 Å². The van der Waals surface area contributed by atoms with Gasteiger partial charge in [0.05, 0.1) is 23.3 Å². The summed E-state index contributed by atoms with van der Waals surface area (Å²) >= 11 is 1.87.